The van der Waals surface area contributed by atoms with Gasteiger partial charge in [0.25, 0.3) is 0 Å². The molecule has 0 saturated heterocycles. The summed E-state index contributed by atoms with van der Waals surface area (Å²) in [5, 5.41) is 0. The molecule has 0 spiro atoms. The van der Waals surface area contributed by atoms with Crippen molar-refractivity contribution in [2.24, 2.45) is 4.99 Å². The predicted molar refractivity (Wildman–Crippen MR) is 40.7 cm³/mol. The fourth-order valence-corrected chi connectivity index (χ4v) is 1.02. The summed E-state index contributed by atoms with van der Waals surface area (Å²) in [5.74, 6) is 1.87. The Morgan fingerprint density at radius 2 is 2.30 bits per heavy atom. The number of nitrogens with zero attached hydrogens (tertiary/aromatic N) is 1. The fraction of sp³-hybridized carbons (Fsp3) is 0.375. The highest BCUT2D eigenvalue weighted by Gasteiger charge is 2.04. The summed E-state index contributed by atoms with van der Waals surface area (Å²) in [7, 11) is 0. The van der Waals surface area contributed by atoms with Crippen molar-refractivity contribution in [1.82, 2.24) is 0 Å². The lowest BCUT2D eigenvalue weighted by Crippen LogP contribution is -1.99. The number of carbonyl (C=O) groups excluding carboxylic acids is 1. The van der Waals surface area contributed by atoms with Crippen LogP contribution in [-0.2, 0) is 4.79 Å². The Morgan fingerprint density at radius 3 is 2.80 bits per heavy atom. The molecule has 52 valence electrons. The molecule has 1 rings (SSSR count). The zero-order valence-electron chi connectivity index (χ0n) is 6.14. The van der Waals surface area contributed by atoms with E-state index < -0.39 is 0 Å². The molecule has 10 heavy (non-hydrogen) atoms. The van der Waals surface area contributed by atoms with Crippen molar-refractivity contribution in [3.63, 3.8) is 0 Å². The van der Waals surface area contributed by atoms with Gasteiger partial charge in [0, 0.05) is 23.4 Å². The van der Waals surface area contributed by atoms with Crippen LogP contribution in [0, 0.1) is 0 Å². The largest absolute Gasteiger partial charge is 0.262 e. The van der Waals surface area contributed by atoms with E-state index in [9.17, 15) is 4.79 Å². The van der Waals surface area contributed by atoms with E-state index >= 15 is 0 Å². The second kappa shape index (κ2) is 2.63. The maximum absolute atomic E-state index is 10.2. The zero-order valence-corrected chi connectivity index (χ0v) is 6.14. The molecule has 0 aromatic heterocycles. The highest BCUT2D eigenvalue weighted by Crippen LogP contribution is 2.12. The topological polar surface area (TPSA) is 29.4 Å². The Kier molecular flexibility index (Phi) is 1.83. The summed E-state index contributed by atoms with van der Waals surface area (Å²) in [4.78, 5) is 14.3. The van der Waals surface area contributed by atoms with Gasteiger partial charge in [-0.05, 0) is 19.9 Å². The highest BCUT2D eigenvalue weighted by molar-refractivity contribution is 5.89. The Bertz CT molecular complexity index is 254. The molecule has 2 nitrogen and oxygen atoms in total. The Balaban J connectivity index is 2.98. The molecular formula is C8H9NO. The second-order valence-corrected chi connectivity index (χ2v) is 2.44. The van der Waals surface area contributed by atoms with Crippen LogP contribution < -0.4 is 0 Å². The van der Waals surface area contributed by atoms with Crippen LogP contribution in [0.2, 0.25) is 0 Å². The van der Waals surface area contributed by atoms with Crippen LogP contribution in [0.15, 0.2) is 22.3 Å². The number of allylic oxidation sites excluding steroid dienone is 3. The number of hydrogen-bond donors (Lipinski definition) is 0. The monoisotopic (exact) mass is 135 g/mol. The van der Waals surface area contributed by atoms with Crippen LogP contribution in [0.1, 0.15) is 20.3 Å². The van der Waals surface area contributed by atoms with Crippen LogP contribution in [0.3, 0.4) is 0 Å². The lowest BCUT2D eigenvalue weighted by molar-refractivity contribution is 0.567. The molecule has 0 atom stereocenters. The molecule has 1 heterocycles. The molecule has 1 aliphatic heterocycles. The second-order valence-electron chi connectivity index (χ2n) is 2.44. The SMILES string of the molecule is CC1=CC(=C=O)CC(C)=N1. The molecule has 0 N–H and O–H groups in total. The van der Waals surface area contributed by atoms with E-state index in [2.05, 4.69) is 4.99 Å². The minimum absolute atomic E-state index is 0.654. The van der Waals surface area contributed by atoms with Gasteiger partial charge in [0.15, 0.2) is 0 Å². The molecule has 0 unspecified atom stereocenters. The maximum Gasteiger partial charge on any atom is 0.128 e. The van der Waals surface area contributed by atoms with Crippen LogP contribution in [0.5, 0.6) is 0 Å². The van der Waals surface area contributed by atoms with Crippen molar-refractivity contribution in [3.8, 4) is 0 Å². The molecule has 0 radical (unpaired) electrons. The van der Waals surface area contributed by atoms with Gasteiger partial charge in [0.2, 0.25) is 0 Å². The van der Waals surface area contributed by atoms with Crippen molar-refractivity contribution >= 4 is 11.7 Å². The molecule has 1 aliphatic rings. The van der Waals surface area contributed by atoms with Gasteiger partial charge in [-0.1, -0.05) is 0 Å². The quantitative estimate of drug-likeness (QED) is 0.463. The minimum Gasteiger partial charge on any atom is -0.262 e. The summed E-state index contributed by atoms with van der Waals surface area (Å²) in [6, 6.07) is 0. The number of aliphatic imine (C=N–C) groups is 1. The zero-order chi connectivity index (χ0) is 7.56. The van der Waals surface area contributed by atoms with Crippen molar-refractivity contribution in [3.05, 3.63) is 17.3 Å². The molecule has 0 aromatic carbocycles. The molecule has 0 aliphatic carbocycles. The number of hydrogen-bond acceptors (Lipinski definition) is 2. The van der Waals surface area contributed by atoms with Gasteiger partial charge in [0.05, 0.1) is 0 Å². The van der Waals surface area contributed by atoms with Crippen LogP contribution in [0.25, 0.3) is 0 Å². The first-order valence-electron chi connectivity index (χ1n) is 3.19. The van der Waals surface area contributed by atoms with E-state index in [1.54, 1.807) is 6.08 Å². The van der Waals surface area contributed by atoms with E-state index in [0.29, 0.717) is 12.0 Å². The van der Waals surface area contributed by atoms with Gasteiger partial charge in [-0.3, -0.25) is 4.99 Å². The van der Waals surface area contributed by atoms with E-state index in [-0.39, 0.29) is 0 Å². The molecule has 0 amide bonds. The Morgan fingerprint density at radius 1 is 1.60 bits per heavy atom. The fourth-order valence-electron chi connectivity index (χ4n) is 1.02. The summed E-state index contributed by atoms with van der Waals surface area (Å²) >= 11 is 0. The van der Waals surface area contributed by atoms with Gasteiger partial charge in [-0.15, -0.1) is 0 Å². The van der Waals surface area contributed by atoms with Crippen LogP contribution in [0.4, 0.5) is 0 Å². The summed E-state index contributed by atoms with van der Waals surface area (Å²) in [6.07, 6.45) is 2.42. The van der Waals surface area contributed by atoms with Crippen molar-refractivity contribution in [1.29, 1.82) is 0 Å². The molecular weight excluding hydrogens is 126 g/mol. The normalized spacial score (nSPS) is 17.6. The third-order valence-corrected chi connectivity index (χ3v) is 1.33. The van der Waals surface area contributed by atoms with E-state index in [4.69, 9.17) is 0 Å². The standard InChI is InChI=1S/C8H9NO/c1-6-3-8(5-10)4-7(2)9-6/h3H,4H2,1-2H3. The molecule has 0 bridgehead atoms. The summed E-state index contributed by atoms with van der Waals surface area (Å²) < 4.78 is 0. The third kappa shape index (κ3) is 1.42. The van der Waals surface area contributed by atoms with E-state index in [0.717, 1.165) is 11.4 Å². The first-order valence-corrected chi connectivity index (χ1v) is 3.19. The summed E-state index contributed by atoms with van der Waals surface area (Å²) in [6.45, 7) is 3.79. The van der Waals surface area contributed by atoms with Crippen molar-refractivity contribution in [2.45, 2.75) is 20.3 Å². The van der Waals surface area contributed by atoms with Gasteiger partial charge in [-0.25, -0.2) is 4.79 Å². The summed E-state index contributed by atoms with van der Waals surface area (Å²) in [5.41, 5.74) is 2.57. The first kappa shape index (κ1) is 6.97. The predicted octanol–water partition coefficient (Wildman–Crippen LogP) is 1.51. The maximum atomic E-state index is 10.2. The molecule has 0 fully saturated rings. The van der Waals surface area contributed by atoms with Gasteiger partial charge < -0.3 is 0 Å². The van der Waals surface area contributed by atoms with Gasteiger partial charge in [-0.2, -0.15) is 0 Å². The Hall–Kier alpha value is -1.14. The lowest BCUT2D eigenvalue weighted by Gasteiger charge is -2.05. The van der Waals surface area contributed by atoms with Gasteiger partial charge >= 0.3 is 0 Å². The van der Waals surface area contributed by atoms with Crippen LogP contribution >= 0.6 is 0 Å². The van der Waals surface area contributed by atoms with E-state index in [1.807, 2.05) is 19.8 Å². The lowest BCUT2D eigenvalue weighted by atomic mass is 10.1. The van der Waals surface area contributed by atoms with Crippen LogP contribution in [-0.4, -0.2) is 11.7 Å². The molecule has 0 saturated carbocycles. The van der Waals surface area contributed by atoms with E-state index in [1.165, 1.54) is 0 Å². The average Bonchev–Trinajstić information content (AvgIpc) is 1.85. The average molecular weight is 135 g/mol. The smallest absolute Gasteiger partial charge is 0.128 e. The number of rotatable bonds is 0. The van der Waals surface area contributed by atoms with Crippen molar-refractivity contribution < 1.29 is 4.79 Å². The molecule has 2 heteroatoms. The van der Waals surface area contributed by atoms with Crippen molar-refractivity contribution in [2.75, 3.05) is 0 Å². The first-order chi connectivity index (χ1) is 4.72. The Labute approximate surface area is 60.0 Å². The minimum atomic E-state index is 0.654. The molecule has 0 aromatic rings. The highest BCUT2D eigenvalue weighted by atomic mass is 16.1. The third-order valence-electron chi connectivity index (χ3n) is 1.33. The van der Waals surface area contributed by atoms with Gasteiger partial charge in [0.1, 0.15) is 5.94 Å².